The molecule has 0 bridgehead atoms. The Hall–Kier alpha value is -1.91. The molecule has 0 spiro atoms. The van der Waals surface area contributed by atoms with E-state index in [0.717, 1.165) is 13.1 Å². The van der Waals surface area contributed by atoms with Crippen molar-refractivity contribution in [2.45, 2.75) is 26.4 Å². The van der Waals surface area contributed by atoms with Gasteiger partial charge in [0.1, 0.15) is 5.82 Å². The van der Waals surface area contributed by atoms with Gasteiger partial charge in [-0.25, -0.2) is 4.39 Å². The minimum Gasteiger partial charge on any atom is -0.310 e. The Bertz CT molecular complexity index is 765. The summed E-state index contributed by atoms with van der Waals surface area (Å²) >= 11 is 5.85. The summed E-state index contributed by atoms with van der Waals surface area (Å²) in [5.74, 6) is -0.461. The molecule has 2 aromatic rings. The third-order valence-corrected chi connectivity index (χ3v) is 4.92. The van der Waals surface area contributed by atoms with Crippen molar-refractivity contribution in [3.8, 4) is 0 Å². The fourth-order valence-corrected chi connectivity index (χ4v) is 3.22. The summed E-state index contributed by atoms with van der Waals surface area (Å²) in [6.45, 7) is 6.07. The van der Waals surface area contributed by atoms with E-state index < -0.39 is 5.82 Å². The van der Waals surface area contributed by atoms with E-state index in [-0.39, 0.29) is 17.0 Å². The van der Waals surface area contributed by atoms with Crippen LogP contribution in [-0.2, 0) is 11.3 Å². The first-order chi connectivity index (χ1) is 11.5. The molecule has 0 aliphatic carbocycles. The lowest BCUT2D eigenvalue weighted by Gasteiger charge is -2.39. The molecule has 126 valence electrons. The molecule has 0 unspecified atom stereocenters. The maximum Gasteiger partial charge on any atom is 0.244 e. The van der Waals surface area contributed by atoms with Crippen LogP contribution in [0.3, 0.4) is 0 Å². The van der Waals surface area contributed by atoms with E-state index in [1.165, 1.54) is 23.3 Å². The highest BCUT2D eigenvalue weighted by atomic mass is 35.5. The van der Waals surface area contributed by atoms with Gasteiger partial charge in [-0.3, -0.25) is 9.69 Å². The van der Waals surface area contributed by atoms with Crippen LogP contribution in [0.15, 0.2) is 42.5 Å². The van der Waals surface area contributed by atoms with Gasteiger partial charge in [0.2, 0.25) is 5.91 Å². The summed E-state index contributed by atoms with van der Waals surface area (Å²) in [5.41, 5.74) is 3.11. The molecular weight excluding hydrogens is 327 g/mol. The number of halogens is 2. The lowest BCUT2D eigenvalue weighted by molar-refractivity contribution is -0.125. The van der Waals surface area contributed by atoms with Crippen LogP contribution in [0.4, 0.5) is 10.1 Å². The zero-order chi connectivity index (χ0) is 17.3. The van der Waals surface area contributed by atoms with Crippen molar-refractivity contribution in [3.05, 3.63) is 64.4 Å². The van der Waals surface area contributed by atoms with Gasteiger partial charge in [-0.05, 0) is 43.2 Å². The molecule has 3 rings (SSSR count). The van der Waals surface area contributed by atoms with Gasteiger partial charge in [-0.15, -0.1) is 0 Å². The van der Waals surface area contributed by atoms with Gasteiger partial charge in [0.15, 0.2) is 0 Å². The fourth-order valence-electron chi connectivity index (χ4n) is 3.05. The van der Waals surface area contributed by atoms with Crippen molar-refractivity contribution in [1.82, 2.24) is 4.90 Å². The van der Waals surface area contributed by atoms with Crippen molar-refractivity contribution >= 4 is 23.2 Å². The number of amides is 1. The third kappa shape index (κ3) is 3.30. The highest BCUT2D eigenvalue weighted by Crippen LogP contribution is 2.26. The summed E-state index contributed by atoms with van der Waals surface area (Å²) in [5, 5.41) is 0.0373. The SMILES string of the molecule is Cc1ccccc1CN1CCN(c2ccc(F)c(Cl)c2)C(=O)[C@H]1C. The number of hydrogen-bond donors (Lipinski definition) is 0. The quantitative estimate of drug-likeness (QED) is 0.838. The predicted molar refractivity (Wildman–Crippen MR) is 94.8 cm³/mol. The summed E-state index contributed by atoms with van der Waals surface area (Å²) in [6, 6.07) is 12.4. The molecule has 0 N–H and O–H groups in total. The predicted octanol–water partition coefficient (Wildman–Crippen LogP) is 4.02. The molecule has 1 fully saturated rings. The second kappa shape index (κ2) is 6.91. The number of benzene rings is 2. The number of carbonyl (C=O) groups is 1. The van der Waals surface area contributed by atoms with Gasteiger partial charge < -0.3 is 4.90 Å². The molecule has 1 aliphatic rings. The van der Waals surface area contributed by atoms with E-state index in [4.69, 9.17) is 11.6 Å². The van der Waals surface area contributed by atoms with Crippen molar-refractivity contribution in [2.75, 3.05) is 18.0 Å². The largest absolute Gasteiger partial charge is 0.310 e. The fraction of sp³-hybridized carbons (Fsp3) is 0.316. The Morgan fingerprint density at radius 2 is 1.96 bits per heavy atom. The smallest absolute Gasteiger partial charge is 0.244 e. The highest BCUT2D eigenvalue weighted by molar-refractivity contribution is 6.31. The summed E-state index contributed by atoms with van der Waals surface area (Å²) in [6.07, 6.45) is 0. The van der Waals surface area contributed by atoms with Crippen LogP contribution in [0.5, 0.6) is 0 Å². The first-order valence-electron chi connectivity index (χ1n) is 8.02. The van der Waals surface area contributed by atoms with Crippen LogP contribution in [0, 0.1) is 12.7 Å². The Kier molecular flexibility index (Phi) is 4.88. The van der Waals surface area contributed by atoms with E-state index >= 15 is 0 Å². The first kappa shape index (κ1) is 16.9. The molecule has 1 saturated heterocycles. The van der Waals surface area contributed by atoms with Gasteiger partial charge in [0, 0.05) is 25.3 Å². The maximum absolute atomic E-state index is 13.3. The van der Waals surface area contributed by atoms with E-state index in [0.29, 0.717) is 12.2 Å². The van der Waals surface area contributed by atoms with E-state index in [1.54, 1.807) is 11.0 Å². The molecule has 3 nitrogen and oxygen atoms in total. The molecular formula is C19H20ClFN2O. The molecule has 1 atom stereocenters. The van der Waals surface area contributed by atoms with Crippen molar-refractivity contribution in [2.24, 2.45) is 0 Å². The Morgan fingerprint density at radius 3 is 2.67 bits per heavy atom. The van der Waals surface area contributed by atoms with Crippen molar-refractivity contribution < 1.29 is 9.18 Å². The maximum atomic E-state index is 13.3. The van der Waals surface area contributed by atoms with Crippen LogP contribution < -0.4 is 4.90 Å². The zero-order valence-electron chi connectivity index (χ0n) is 13.8. The van der Waals surface area contributed by atoms with E-state index in [9.17, 15) is 9.18 Å². The first-order valence-corrected chi connectivity index (χ1v) is 8.40. The molecule has 5 heteroatoms. The lowest BCUT2D eigenvalue weighted by Crippen LogP contribution is -2.55. The van der Waals surface area contributed by atoms with Crippen LogP contribution in [-0.4, -0.2) is 29.9 Å². The molecule has 0 aromatic heterocycles. The topological polar surface area (TPSA) is 23.6 Å². The van der Waals surface area contributed by atoms with Gasteiger partial charge in [-0.2, -0.15) is 0 Å². The molecule has 1 amide bonds. The summed E-state index contributed by atoms with van der Waals surface area (Å²) < 4.78 is 13.3. The highest BCUT2D eigenvalue weighted by Gasteiger charge is 2.32. The van der Waals surface area contributed by atoms with Gasteiger partial charge >= 0.3 is 0 Å². The monoisotopic (exact) mass is 346 g/mol. The number of aryl methyl sites for hydroxylation is 1. The zero-order valence-corrected chi connectivity index (χ0v) is 14.6. The van der Waals surface area contributed by atoms with Gasteiger partial charge in [0.25, 0.3) is 0 Å². The Labute approximate surface area is 146 Å². The van der Waals surface area contributed by atoms with E-state index in [2.05, 4.69) is 24.0 Å². The summed E-state index contributed by atoms with van der Waals surface area (Å²) in [4.78, 5) is 16.6. The Morgan fingerprint density at radius 1 is 1.21 bits per heavy atom. The molecule has 24 heavy (non-hydrogen) atoms. The normalized spacial score (nSPS) is 18.9. The average Bonchev–Trinajstić information content (AvgIpc) is 2.57. The number of rotatable bonds is 3. The molecule has 0 radical (unpaired) electrons. The molecule has 1 aliphatic heterocycles. The van der Waals surface area contributed by atoms with E-state index in [1.807, 2.05) is 19.1 Å². The number of piperazine rings is 1. The number of carbonyl (C=O) groups excluding carboxylic acids is 1. The molecule has 2 aromatic carbocycles. The van der Waals surface area contributed by atoms with Crippen molar-refractivity contribution in [1.29, 1.82) is 0 Å². The molecule has 1 heterocycles. The second-order valence-corrected chi connectivity index (χ2v) is 6.57. The number of anilines is 1. The third-order valence-electron chi connectivity index (χ3n) is 4.63. The number of nitrogens with zero attached hydrogens (tertiary/aromatic N) is 2. The van der Waals surface area contributed by atoms with Crippen LogP contribution in [0.1, 0.15) is 18.1 Å². The number of hydrogen-bond acceptors (Lipinski definition) is 2. The summed E-state index contributed by atoms with van der Waals surface area (Å²) in [7, 11) is 0. The Balaban J connectivity index is 1.76. The van der Waals surface area contributed by atoms with Gasteiger partial charge in [0.05, 0.1) is 11.1 Å². The van der Waals surface area contributed by atoms with Crippen LogP contribution in [0.25, 0.3) is 0 Å². The minimum atomic E-state index is -0.473. The van der Waals surface area contributed by atoms with Crippen LogP contribution >= 0.6 is 11.6 Å². The minimum absolute atomic E-state index is 0.0116. The van der Waals surface area contributed by atoms with Crippen molar-refractivity contribution in [3.63, 3.8) is 0 Å². The standard InChI is InChI=1S/C19H20ClFN2O/c1-13-5-3-4-6-15(13)12-22-9-10-23(19(24)14(22)2)16-7-8-18(21)17(20)11-16/h3-8,11,14H,9-10,12H2,1-2H3/t14-/m1/s1. The molecule has 0 saturated carbocycles. The average molecular weight is 347 g/mol. The van der Waals surface area contributed by atoms with Gasteiger partial charge in [-0.1, -0.05) is 35.9 Å². The second-order valence-electron chi connectivity index (χ2n) is 6.16. The van der Waals surface area contributed by atoms with Crippen LogP contribution in [0.2, 0.25) is 5.02 Å². The lowest BCUT2D eigenvalue weighted by atomic mass is 10.1.